The fraction of sp³-hybridized carbons (Fsp3) is 0.353. The summed E-state index contributed by atoms with van der Waals surface area (Å²) in [7, 11) is 0. The number of carbonyl (C=O) groups excluding carboxylic acids is 1. The zero-order valence-electron chi connectivity index (χ0n) is 13.2. The van der Waals surface area contributed by atoms with Gasteiger partial charge in [0.1, 0.15) is 5.56 Å². The van der Waals surface area contributed by atoms with E-state index in [1.165, 1.54) is 0 Å². The van der Waals surface area contributed by atoms with E-state index >= 15 is 0 Å². The van der Waals surface area contributed by atoms with E-state index in [-0.39, 0.29) is 18.2 Å². The van der Waals surface area contributed by atoms with Gasteiger partial charge in [0.15, 0.2) is 0 Å². The number of rotatable bonds is 5. The van der Waals surface area contributed by atoms with E-state index in [1.807, 2.05) is 30.3 Å². The Kier molecular flexibility index (Phi) is 4.90. The Bertz CT molecular complexity index is 820. The molecule has 1 aliphatic rings. The Morgan fingerprint density at radius 3 is 2.79 bits per heavy atom. The molecule has 1 aromatic heterocycles. The van der Waals surface area contributed by atoms with Crippen molar-refractivity contribution in [2.75, 3.05) is 6.61 Å². The van der Waals surface area contributed by atoms with Crippen LogP contribution in [0, 0.1) is 0 Å². The molecule has 7 nitrogen and oxygen atoms in total. The van der Waals surface area contributed by atoms with Gasteiger partial charge in [-0.05, 0) is 18.4 Å². The molecule has 1 aliphatic heterocycles. The van der Waals surface area contributed by atoms with Gasteiger partial charge in [-0.25, -0.2) is 4.79 Å². The molecule has 0 saturated carbocycles. The van der Waals surface area contributed by atoms with Gasteiger partial charge in [0.05, 0.1) is 12.6 Å². The van der Waals surface area contributed by atoms with Crippen molar-refractivity contribution < 1.29 is 9.53 Å². The fourth-order valence-electron chi connectivity index (χ4n) is 2.71. The third kappa shape index (κ3) is 3.62. The van der Waals surface area contributed by atoms with Crippen molar-refractivity contribution in [1.82, 2.24) is 14.9 Å². The molecule has 24 heavy (non-hydrogen) atoms. The quantitative estimate of drug-likeness (QED) is 0.842. The van der Waals surface area contributed by atoms with Crippen LogP contribution in [0.4, 0.5) is 0 Å². The molecular formula is C17H19N3O4. The van der Waals surface area contributed by atoms with Gasteiger partial charge in [-0.15, -0.1) is 0 Å². The first kappa shape index (κ1) is 16.2. The lowest BCUT2D eigenvalue weighted by molar-refractivity contribution is 0.0921. The largest absolute Gasteiger partial charge is 0.376 e. The normalized spacial score (nSPS) is 16.9. The summed E-state index contributed by atoms with van der Waals surface area (Å²) in [6.07, 6.45) is 2.72. The maximum absolute atomic E-state index is 12.5. The summed E-state index contributed by atoms with van der Waals surface area (Å²) in [5.41, 5.74) is -0.284. The van der Waals surface area contributed by atoms with Crippen LogP contribution < -0.4 is 16.6 Å². The summed E-state index contributed by atoms with van der Waals surface area (Å²) in [6.45, 7) is 1.10. The molecule has 2 N–H and O–H groups in total. The number of nitrogens with zero attached hydrogens (tertiary/aromatic N) is 1. The minimum atomic E-state index is -0.597. The first-order chi connectivity index (χ1) is 11.6. The number of hydrogen-bond donors (Lipinski definition) is 2. The van der Waals surface area contributed by atoms with E-state index in [0.29, 0.717) is 13.2 Å². The number of nitrogens with one attached hydrogen (secondary N) is 2. The molecule has 1 saturated heterocycles. The minimum absolute atomic E-state index is 0.0801. The molecule has 1 fully saturated rings. The second-order valence-corrected chi connectivity index (χ2v) is 5.73. The van der Waals surface area contributed by atoms with Crippen LogP contribution in [0.15, 0.2) is 46.1 Å². The van der Waals surface area contributed by atoms with Crippen molar-refractivity contribution in [3.05, 3.63) is 68.5 Å². The van der Waals surface area contributed by atoms with Crippen LogP contribution in [0.1, 0.15) is 28.8 Å². The molecule has 1 atom stereocenters. The number of carbonyl (C=O) groups is 1. The van der Waals surface area contributed by atoms with Gasteiger partial charge < -0.3 is 15.0 Å². The standard InChI is InChI=1S/C17H19N3O4/c21-15(18-9-12-5-2-1-3-6-12)14-10-19-17(23)20(16(14)22)11-13-7-4-8-24-13/h1-3,5-6,10,13H,4,7-9,11H2,(H,18,21)(H,19,23). The molecule has 1 amide bonds. The SMILES string of the molecule is O=C(NCc1ccccc1)c1c[nH]c(=O)n(CC2CCCO2)c1=O. The number of benzene rings is 1. The lowest BCUT2D eigenvalue weighted by atomic mass is 10.2. The first-order valence-electron chi connectivity index (χ1n) is 7.91. The maximum atomic E-state index is 12.5. The van der Waals surface area contributed by atoms with E-state index in [2.05, 4.69) is 10.3 Å². The predicted molar refractivity (Wildman–Crippen MR) is 87.9 cm³/mol. The lowest BCUT2D eigenvalue weighted by Gasteiger charge is -2.12. The summed E-state index contributed by atoms with van der Waals surface area (Å²) in [4.78, 5) is 39.1. The van der Waals surface area contributed by atoms with E-state index in [0.717, 1.165) is 29.2 Å². The van der Waals surface area contributed by atoms with Gasteiger partial charge in [0, 0.05) is 19.3 Å². The van der Waals surface area contributed by atoms with Crippen molar-refractivity contribution in [2.45, 2.75) is 32.0 Å². The topological polar surface area (TPSA) is 93.2 Å². The monoisotopic (exact) mass is 329 g/mol. The van der Waals surface area contributed by atoms with Crippen LogP contribution in [0.25, 0.3) is 0 Å². The summed E-state index contributed by atoms with van der Waals surface area (Å²) in [5.74, 6) is -0.513. The molecule has 0 radical (unpaired) electrons. The van der Waals surface area contributed by atoms with Gasteiger partial charge in [-0.2, -0.15) is 0 Å². The molecule has 0 aliphatic carbocycles. The van der Waals surface area contributed by atoms with Crippen molar-refractivity contribution in [3.63, 3.8) is 0 Å². The van der Waals surface area contributed by atoms with Gasteiger partial charge in [0.2, 0.25) is 0 Å². The minimum Gasteiger partial charge on any atom is -0.376 e. The van der Waals surface area contributed by atoms with Crippen molar-refractivity contribution in [3.8, 4) is 0 Å². The Labute approximate surface area is 138 Å². The van der Waals surface area contributed by atoms with Crippen LogP contribution >= 0.6 is 0 Å². The van der Waals surface area contributed by atoms with Crippen LogP contribution in [0.5, 0.6) is 0 Å². The highest BCUT2D eigenvalue weighted by atomic mass is 16.5. The number of aromatic nitrogens is 2. The second kappa shape index (κ2) is 7.27. The van der Waals surface area contributed by atoms with Crippen LogP contribution in [0.3, 0.4) is 0 Å². The highest BCUT2D eigenvalue weighted by Crippen LogP contribution is 2.12. The highest BCUT2D eigenvalue weighted by molar-refractivity contribution is 5.93. The number of aromatic amines is 1. The van der Waals surface area contributed by atoms with Crippen molar-refractivity contribution in [2.24, 2.45) is 0 Å². The van der Waals surface area contributed by atoms with Crippen LogP contribution in [0.2, 0.25) is 0 Å². The zero-order chi connectivity index (χ0) is 16.9. The van der Waals surface area contributed by atoms with E-state index < -0.39 is 17.2 Å². The summed E-state index contributed by atoms with van der Waals surface area (Å²) in [5, 5.41) is 2.69. The average Bonchev–Trinajstić information content (AvgIpc) is 3.11. The predicted octanol–water partition coefficient (Wildman–Crippen LogP) is 0.646. The number of hydrogen-bond acceptors (Lipinski definition) is 4. The van der Waals surface area contributed by atoms with E-state index in [4.69, 9.17) is 4.74 Å². The number of amides is 1. The Morgan fingerprint density at radius 1 is 1.29 bits per heavy atom. The highest BCUT2D eigenvalue weighted by Gasteiger charge is 2.20. The number of ether oxygens (including phenoxy) is 1. The van der Waals surface area contributed by atoms with Crippen LogP contribution in [-0.4, -0.2) is 28.2 Å². The summed E-state index contributed by atoms with van der Waals surface area (Å²) >= 11 is 0. The van der Waals surface area contributed by atoms with E-state index in [9.17, 15) is 14.4 Å². The third-order valence-electron chi connectivity index (χ3n) is 4.01. The molecule has 2 heterocycles. The Morgan fingerprint density at radius 2 is 2.08 bits per heavy atom. The van der Waals surface area contributed by atoms with Crippen LogP contribution in [-0.2, 0) is 17.8 Å². The molecule has 3 rings (SSSR count). The van der Waals surface area contributed by atoms with Crippen molar-refractivity contribution >= 4 is 5.91 Å². The molecule has 0 spiro atoms. The fourth-order valence-corrected chi connectivity index (χ4v) is 2.71. The molecule has 1 unspecified atom stereocenters. The zero-order valence-corrected chi connectivity index (χ0v) is 13.2. The first-order valence-corrected chi connectivity index (χ1v) is 7.91. The lowest BCUT2D eigenvalue weighted by Crippen LogP contribution is -2.42. The maximum Gasteiger partial charge on any atom is 0.328 e. The molecular weight excluding hydrogens is 310 g/mol. The molecule has 7 heteroatoms. The average molecular weight is 329 g/mol. The second-order valence-electron chi connectivity index (χ2n) is 5.73. The Balaban J connectivity index is 1.76. The third-order valence-corrected chi connectivity index (χ3v) is 4.01. The van der Waals surface area contributed by atoms with Gasteiger partial charge in [-0.3, -0.25) is 14.2 Å². The molecule has 0 bridgehead atoms. The molecule has 126 valence electrons. The van der Waals surface area contributed by atoms with E-state index in [1.54, 1.807) is 0 Å². The number of H-pyrrole nitrogens is 1. The summed E-state index contributed by atoms with van der Waals surface area (Å²) in [6, 6.07) is 9.38. The van der Waals surface area contributed by atoms with Gasteiger partial charge in [-0.1, -0.05) is 30.3 Å². The Hall–Kier alpha value is -2.67. The smallest absolute Gasteiger partial charge is 0.328 e. The van der Waals surface area contributed by atoms with Gasteiger partial charge >= 0.3 is 5.69 Å². The molecule has 2 aromatic rings. The summed E-state index contributed by atoms with van der Waals surface area (Å²) < 4.78 is 6.49. The molecule has 1 aromatic carbocycles. The van der Waals surface area contributed by atoms with Gasteiger partial charge in [0.25, 0.3) is 11.5 Å². The van der Waals surface area contributed by atoms with Crippen molar-refractivity contribution in [1.29, 1.82) is 0 Å².